The van der Waals surface area contributed by atoms with E-state index in [1.54, 1.807) is 50.3 Å². The van der Waals surface area contributed by atoms with Crippen LogP contribution in [0.4, 0.5) is 10.1 Å². The number of nitrogens with two attached hydrogens (primary N) is 1. The van der Waals surface area contributed by atoms with Gasteiger partial charge in [-0.25, -0.2) is 4.39 Å². The molecule has 0 aromatic heterocycles. The molecule has 2 aromatic rings. The maximum Gasteiger partial charge on any atom is 0.189 e. The Kier molecular flexibility index (Phi) is 3.99. The predicted molar refractivity (Wildman–Crippen MR) is 80.1 cm³/mol. The Bertz CT molecular complexity index is 649. The second-order valence-electron chi connectivity index (χ2n) is 4.80. The van der Waals surface area contributed by atoms with Crippen molar-refractivity contribution >= 4 is 17.5 Å². The van der Waals surface area contributed by atoms with Gasteiger partial charge in [0, 0.05) is 5.69 Å². The number of rotatable bonds is 3. The average molecular weight is 269 g/mol. The summed E-state index contributed by atoms with van der Waals surface area (Å²) in [4.78, 5) is 12.1. The van der Waals surface area contributed by atoms with E-state index in [1.165, 1.54) is 12.1 Å². The molecule has 0 amide bonds. The van der Waals surface area contributed by atoms with Gasteiger partial charge in [0.1, 0.15) is 5.82 Å². The SMILES string of the molecule is Cc1cc(C)c(C(=O)/C=C/c2ccc(N)cc2)c(F)c1. The summed E-state index contributed by atoms with van der Waals surface area (Å²) in [5, 5.41) is 0. The fourth-order valence-corrected chi connectivity index (χ4v) is 2.09. The zero-order valence-corrected chi connectivity index (χ0v) is 11.5. The van der Waals surface area contributed by atoms with Crippen molar-refractivity contribution in [3.63, 3.8) is 0 Å². The molecule has 102 valence electrons. The largest absolute Gasteiger partial charge is 0.399 e. The highest BCUT2D eigenvalue weighted by molar-refractivity contribution is 6.08. The Balaban J connectivity index is 2.26. The molecule has 20 heavy (non-hydrogen) atoms. The molecule has 0 fully saturated rings. The maximum atomic E-state index is 13.9. The minimum atomic E-state index is -0.477. The van der Waals surface area contributed by atoms with Crippen LogP contribution in [0.15, 0.2) is 42.5 Å². The quantitative estimate of drug-likeness (QED) is 0.521. The lowest BCUT2D eigenvalue weighted by Crippen LogP contribution is -2.02. The summed E-state index contributed by atoms with van der Waals surface area (Å²) in [6.07, 6.45) is 3.03. The number of ketones is 1. The molecule has 0 saturated carbocycles. The monoisotopic (exact) mass is 269 g/mol. The number of hydrogen-bond donors (Lipinski definition) is 1. The third-order valence-corrected chi connectivity index (χ3v) is 3.04. The number of nitrogen functional groups attached to an aromatic ring is 1. The van der Waals surface area contributed by atoms with Gasteiger partial charge in [0.05, 0.1) is 5.56 Å². The molecule has 0 heterocycles. The first-order valence-electron chi connectivity index (χ1n) is 6.32. The minimum absolute atomic E-state index is 0.127. The van der Waals surface area contributed by atoms with Gasteiger partial charge in [-0.1, -0.05) is 24.3 Å². The van der Waals surface area contributed by atoms with Crippen LogP contribution in [0.2, 0.25) is 0 Å². The van der Waals surface area contributed by atoms with Crippen LogP contribution in [0.5, 0.6) is 0 Å². The van der Waals surface area contributed by atoms with E-state index in [4.69, 9.17) is 5.73 Å². The fourth-order valence-electron chi connectivity index (χ4n) is 2.09. The molecule has 2 rings (SSSR count). The third kappa shape index (κ3) is 3.12. The van der Waals surface area contributed by atoms with Crippen LogP contribution in [0.3, 0.4) is 0 Å². The van der Waals surface area contributed by atoms with Gasteiger partial charge in [-0.3, -0.25) is 4.79 Å². The van der Waals surface area contributed by atoms with Gasteiger partial charge < -0.3 is 5.73 Å². The van der Waals surface area contributed by atoms with E-state index in [-0.39, 0.29) is 11.3 Å². The van der Waals surface area contributed by atoms with Crippen LogP contribution >= 0.6 is 0 Å². The fraction of sp³-hybridized carbons (Fsp3) is 0.118. The lowest BCUT2D eigenvalue weighted by atomic mass is 10.0. The lowest BCUT2D eigenvalue weighted by molar-refractivity contribution is 0.104. The molecule has 0 aliphatic heterocycles. The third-order valence-electron chi connectivity index (χ3n) is 3.04. The summed E-state index contributed by atoms with van der Waals surface area (Å²) < 4.78 is 13.9. The normalized spacial score (nSPS) is 10.9. The van der Waals surface area contributed by atoms with E-state index < -0.39 is 5.82 Å². The van der Waals surface area contributed by atoms with E-state index in [2.05, 4.69) is 0 Å². The van der Waals surface area contributed by atoms with E-state index in [0.29, 0.717) is 11.3 Å². The van der Waals surface area contributed by atoms with Crippen LogP contribution in [0.25, 0.3) is 6.08 Å². The molecule has 2 aromatic carbocycles. The molecule has 0 saturated heterocycles. The van der Waals surface area contributed by atoms with Crippen molar-refractivity contribution < 1.29 is 9.18 Å². The number of hydrogen-bond acceptors (Lipinski definition) is 2. The second-order valence-corrected chi connectivity index (χ2v) is 4.80. The topological polar surface area (TPSA) is 43.1 Å². The Morgan fingerprint density at radius 1 is 1.15 bits per heavy atom. The molecule has 0 radical (unpaired) electrons. The van der Waals surface area contributed by atoms with Gasteiger partial charge in [-0.15, -0.1) is 0 Å². The van der Waals surface area contributed by atoms with Crippen LogP contribution in [-0.4, -0.2) is 5.78 Å². The van der Waals surface area contributed by atoms with Crippen molar-refractivity contribution in [1.29, 1.82) is 0 Å². The molecule has 0 bridgehead atoms. The first-order chi connectivity index (χ1) is 9.47. The Morgan fingerprint density at radius 3 is 2.40 bits per heavy atom. The molecule has 2 N–H and O–H groups in total. The number of anilines is 1. The van der Waals surface area contributed by atoms with Crippen LogP contribution in [-0.2, 0) is 0 Å². The molecule has 0 spiro atoms. The van der Waals surface area contributed by atoms with Crippen molar-refractivity contribution in [1.82, 2.24) is 0 Å². The van der Waals surface area contributed by atoms with Crippen LogP contribution < -0.4 is 5.73 Å². The van der Waals surface area contributed by atoms with Crippen LogP contribution in [0.1, 0.15) is 27.0 Å². The second kappa shape index (κ2) is 5.70. The Hall–Kier alpha value is -2.42. The summed E-state index contributed by atoms with van der Waals surface area (Å²) >= 11 is 0. The summed E-state index contributed by atoms with van der Waals surface area (Å²) in [5.41, 5.74) is 8.67. The minimum Gasteiger partial charge on any atom is -0.399 e. The molecular weight excluding hydrogens is 253 g/mol. The van der Waals surface area contributed by atoms with Crippen molar-refractivity contribution in [2.24, 2.45) is 0 Å². The Morgan fingerprint density at radius 2 is 1.80 bits per heavy atom. The zero-order valence-electron chi connectivity index (χ0n) is 11.5. The standard InChI is InChI=1S/C17H16FNO/c1-11-9-12(2)17(15(18)10-11)16(20)8-5-13-3-6-14(19)7-4-13/h3-10H,19H2,1-2H3/b8-5+. The first-order valence-corrected chi connectivity index (χ1v) is 6.32. The van der Waals surface area contributed by atoms with E-state index >= 15 is 0 Å². The van der Waals surface area contributed by atoms with Gasteiger partial charge in [0.15, 0.2) is 5.78 Å². The predicted octanol–water partition coefficient (Wildman–Crippen LogP) is 3.92. The van der Waals surface area contributed by atoms with Gasteiger partial charge in [-0.2, -0.15) is 0 Å². The summed E-state index contributed by atoms with van der Waals surface area (Å²) in [5.74, 6) is -0.814. The van der Waals surface area contributed by atoms with Crippen molar-refractivity contribution in [2.75, 3.05) is 5.73 Å². The average Bonchev–Trinajstić information content (AvgIpc) is 2.37. The highest BCUT2D eigenvalue weighted by atomic mass is 19.1. The van der Waals surface area contributed by atoms with Crippen molar-refractivity contribution in [3.8, 4) is 0 Å². The van der Waals surface area contributed by atoms with Gasteiger partial charge in [0.2, 0.25) is 0 Å². The number of benzene rings is 2. The molecule has 0 aliphatic carbocycles. The molecule has 0 atom stereocenters. The van der Waals surface area contributed by atoms with E-state index in [9.17, 15) is 9.18 Å². The van der Waals surface area contributed by atoms with Crippen molar-refractivity contribution in [3.05, 3.63) is 70.5 Å². The summed E-state index contributed by atoms with van der Waals surface area (Å²) in [6, 6.07) is 10.3. The summed E-state index contributed by atoms with van der Waals surface area (Å²) in [6.45, 7) is 3.54. The van der Waals surface area contributed by atoms with E-state index in [1.807, 2.05) is 0 Å². The van der Waals surface area contributed by atoms with E-state index in [0.717, 1.165) is 11.1 Å². The number of aryl methyl sites for hydroxylation is 2. The van der Waals surface area contributed by atoms with Crippen molar-refractivity contribution in [2.45, 2.75) is 13.8 Å². The zero-order chi connectivity index (χ0) is 14.7. The molecule has 0 aliphatic rings. The van der Waals surface area contributed by atoms with Gasteiger partial charge in [-0.05, 0) is 54.8 Å². The molecule has 0 unspecified atom stereocenters. The first kappa shape index (κ1) is 14.0. The highest BCUT2D eigenvalue weighted by Gasteiger charge is 2.12. The molecule has 2 nitrogen and oxygen atoms in total. The summed E-state index contributed by atoms with van der Waals surface area (Å²) in [7, 11) is 0. The number of carbonyl (C=O) groups is 1. The number of halogens is 1. The Labute approximate surface area is 117 Å². The maximum absolute atomic E-state index is 13.9. The van der Waals surface area contributed by atoms with Gasteiger partial charge in [0.25, 0.3) is 0 Å². The number of allylic oxidation sites excluding steroid dienone is 1. The smallest absolute Gasteiger partial charge is 0.189 e. The van der Waals surface area contributed by atoms with Crippen LogP contribution in [0, 0.1) is 19.7 Å². The highest BCUT2D eigenvalue weighted by Crippen LogP contribution is 2.17. The van der Waals surface area contributed by atoms with Gasteiger partial charge >= 0.3 is 0 Å². The molecular formula is C17H16FNO. The lowest BCUT2D eigenvalue weighted by Gasteiger charge is -2.05. The number of carbonyl (C=O) groups excluding carboxylic acids is 1. The molecule has 3 heteroatoms.